The van der Waals surface area contributed by atoms with E-state index in [9.17, 15) is 20.0 Å². The Morgan fingerprint density at radius 3 is 2.62 bits per heavy atom. The predicted molar refractivity (Wildman–Crippen MR) is 78.6 cm³/mol. The minimum Gasteiger partial charge on any atom is -0.508 e. The number of benzene rings is 2. The van der Waals surface area contributed by atoms with E-state index in [1.54, 1.807) is 0 Å². The number of halogens is 1. The number of nitrogen functional groups attached to an aromatic ring is 1. The molecule has 0 aromatic heterocycles. The summed E-state index contributed by atoms with van der Waals surface area (Å²) in [6.07, 6.45) is 0. The summed E-state index contributed by atoms with van der Waals surface area (Å²) in [4.78, 5) is 22.2. The van der Waals surface area contributed by atoms with Gasteiger partial charge in [-0.2, -0.15) is 0 Å². The van der Waals surface area contributed by atoms with Crippen molar-refractivity contribution in [3.05, 3.63) is 57.1 Å². The van der Waals surface area contributed by atoms with Gasteiger partial charge in [0.1, 0.15) is 11.4 Å². The van der Waals surface area contributed by atoms with Gasteiger partial charge in [0.15, 0.2) is 0 Å². The van der Waals surface area contributed by atoms with E-state index in [1.807, 2.05) is 0 Å². The molecule has 0 saturated heterocycles. The SMILES string of the molecule is Nc1ccc(C(=O)Nc2ccc(O)cc2[N+](=O)[O-])cc1Cl. The Labute approximate surface area is 124 Å². The molecule has 2 aromatic carbocycles. The second-order valence-corrected chi connectivity index (χ2v) is 4.56. The number of carbonyl (C=O) groups is 1. The molecule has 0 fully saturated rings. The van der Waals surface area contributed by atoms with Gasteiger partial charge in [-0.1, -0.05) is 11.6 Å². The number of nitrogens with one attached hydrogen (secondary N) is 1. The van der Waals surface area contributed by atoms with E-state index in [0.29, 0.717) is 5.69 Å². The summed E-state index contributed by atoms with van der Waals surface area (Å²) < 4.78 is 0. The van der Waals surface area contributed by atoms with Crippen LogP contribution >= 0.6 is 11.6 Å². The van der Waals surface area contributed by atoms with Crippen LogP contribution in [0.25, 0.3) is 0 Å². The molecule has 8 heteroatoms. The number of phenols is 1. The van der Waals surface area contributed by atoms with Crippen LogP contribution in [0.5, 0.6) is 5.75 Å². The van der Waals surface area contributed by atoms with Gasteiger partial charge < -0.3 is 16.2 Å². The minimum absolute atomic E-state index is 0.0317. The van der Waals surface area contributed by atoms with Gasteiger partial charge in [0.25, 0.3) is 11.6 Å². The van der Waals surface area contributed by atoms with Crippen LogP contribution in [0.1, 0.15) is 10.4 Å². The first-order chi connectivity index (χ1) is 9.88. The van der Waals surface area contributed by atoms with Crippen LogP contribution in [-0.4, -0.2) is 15.9 Å². The lowest BCUT2D eigenvalue weighted by Crippen LogP contribution is -2.13. The third-order valence-electron chi connectivity index (χ3n) is 2.69. The Bertz CT molecular complexity index is 733. The second-order valence-electron chi connectivity index (χ2n) is 4.15. The average Bonchev–Trinajstić information content (AvgIpc) is 2.43. The van der Waals surface area contributed by atoms with Crippen molar-refractivity contribution >= 4 is 34.6 Å². The quantitative estimate of drug-likeness (QED) is 0.349. The normalized spacial score (nSPS) is 10.1. The van der Waals surface area contributed by atoms with Gasteiger partial charge in [-0.15, -0.1) is 0 Å². The molecule has 0 aliphatic carbocycles. The Balaban J connectivity index is 2.31. The van der Waals surface area contributed by atoms with Crippen LogP contribution in [0.3, 0.4) is 0 Å². The Morgan fingerprint density at radius 2 is 2.00 bits per heavy atom. The third-order valence-corrected chi connectivity index (χ3v) is 3.02. The molecule has 2 rings (SSSR count). The molecule has 21 heavy (non-hydrogen) atoms. The Kier molecular flexibility index (Phi) is 3.95. The van der Waals surface area contributed by atoms with Gasteiger partial charge in [0.2, 0.25) is 0 Å². The molecule has 4 N–H and O–H groups in total. The number of nitrogens with zero attached hydrogens (tertiary/aromatic N) is 1. The number of phenolic OH excluding ortho intramolecular Hbond substituents is 1. The fraction of sp³-hybridized carbons (Fsp3) is 0. The fourth-order valence-electron chi connectivity index (χ4n) is 1.64. The molecule has 7 nitrogen and oxygen atoms in total. The Hall–Kier alpha value is -2.80. The largest absolute Gasteiger partial charge is 0.508 e. The van der Waals surface area contributed by atoms with Gasteiger partial charge >= 0.3 is 0 Å². The number of rotatable bonds is 3. The summed E-state index contributed by atoms with van der Waals surface area (Å²) in [5.74, 6) is -0.846. The van der Waals surface area contributed by atoms with Gasteiger partial charge in [0, 0.05) is 5.56 Å². The second kappa shape index (κ2) is 5.68. The topological polar surface area (TPSA) is 118 Å². The van der Waals surface area contributed by atoms with E-state index < -0.39 is 16.5 Å². The summed E-state index contributed by atoms with van der Waals surface area (Å²) in [6, 6.07) is 7.69. The third kappa shape index (κ3) is 3.21. The standard InChI is InChI=1S/C13H10ClN3O4/c14-9-5-7(1-3-10(9)15)13(19)16-11-4-2-8(18)6-12(11)17(20)21/h1-6,18H,15H2,(H,16,19). The highest BCUT2D eigenvalue weighted by Crippen LogP contribution is 2.29. The van der Waals surface area contributed by atoms with Crippen LogP contribution in [0.15, 0.2) is 36.4 Å². The first-order valence-electron chi connectivity index (χ1n) is 5.72. The molecule has 0 heterocycles. The number of nitro groups is 1. The Morgan fingerprint density at radius 1 is 1.29 bits per heavy atom. The van der Waals surface area contributed by atoms with Crippen LogP contribution in [0, 0.1) is 10.1 Å². The molecule has 2 aromatic rings. The molecule has 0 atom stereocenters. The number of carbonyl (C=O) groups excluding carboxylic acids is 1. The van der Waals surface area contributed by atoms with Gasteiger partial charge in [0.05, 0.1) is 21.7 Å². The van der Waals surface area contributed by atoms with Crippen molar-refractivity contribution in [2.75, 3.05) is 11.1 Å². The highest BCUT2D eigenvalue weighted by Gasteiger charge is 2.17. The number of hydrogen-bond acceptors (Lipinski definition) is 5. The summed E-state index contributed by atoms with van der Waals surface area (Å²) in [5, 5.41) is 22.8. The summed E-state index contributed by atoms with van der Waals surface area (Å²) in [6.45, 7) is 0. The molecule has 0 aliphatic heterocycles. The number of anilines is 2. The fourth-order valence-corrected chi connectivity index (χ4v) is 1.82. The molecular formula is C13H10ClN3O4. The molecular weight excluding hydrogens is 298 g/mol. The number of amides is 1. The molecule has 0 saturated carbocycles. The molecule has 0 aliphatic rings. The van der Waals surface area contributed by atoms with Crippen molar-refractivity contribution in [2.45, 2.75) is 0 Å². The van der Waals surface area contributed by atoms with E-state index in [1.165, 1.54) is 30.3 Å². The zero-order valence-corrected chi connectivity index (χ0v) is 11.3. The molecule has 1 amide bonds. The minimum atomic E-state index is -0.703. The lowest BCUT2D eigenvalue weighted by Gasteiger charge is -2.07. The average molecular weight is 308 g/mol. The summed E-state index contributed by atoms with van der Waals surface area (Å²) in [5.41, 5.74) is 5.63. The van der Waals surface area contributed by atoms with Crippen molar-refractivity contribution < 1.29 is 14.8 Å². The van der Waals surface area contributed by atoms with E-state index in [0.717, 1.165) is 6.07 Å². The van der Waals surface area contributed by atoms with Crippen molar-refractivity contribution in [3.8, 4) is 5.75 Å². The van der Waals surface area contributed by atoms with Crippen LogP contribution in [0.4, 0.5) is 17.1 Å². The lowest BCUT2D eigenvalue weighted by atomic mass is 10.2. The van der Waals surface area contributed by atoms with Crippen molar-refractivity contribution in [2.24, 2.45) is 0 Å². The molecule has 0 unspecified atom stereocenters. The maximum Gasteiger partial charge on any atom is 0.296 e. The van der Waals surface area contributed by atoms with Crippen molar-refractivity contribution in [1.29, 1.82) is 0 Å². The zero-order chi connectivity index (χ0) is 15.6. The van der Waals surface area contributed by atoms with E-state index in [4.69, 9.17) is 17.3 Å². The molecule has 0 radical (unpaired) electrons. The first kappa shape index (κ1) is 14.6. The number of aromatic hydroxyl groups is 1. The predicted octanol–water partition coefficient (Wildman–Crippen LogP) is 2.79. The van der Waals surface area contributed by atoms with Gasteiger partial charge in [-0.3, -0.25) is 14.9 Å². The highest BCUT2D eigenvalue weighted by atomic mass is 35.5. The lowest BCUT2D eigenvalue weighted by molar-refractivity contribution is -0.384. The van der Waals surface area contributed by atoms with Crippen LogP contribution in [-0.2, 0) is 0 Å². The number of hydrogen-bond donors (Lipinski definition) is 3. The summed E-state index contributed by atoms with van der Waals surface area (Å²) in [7, 11) is 0. The summed E-state index contributed by atoms with van der Waals surface area (Å²) >= 11 is 5.82. The number of nitro benzene ring substituents is 1. The van der Waals surface area contributed by atoms with Gasteiger partial charge in [-0.05, 0) is 30.3 Å². The van der Waals surface area contributed by atoms with Gasteiger partial charge in [-0.25, -0.2) is 0 Å². The maximum atomic E-state index is 12.0. The van der Waals surface area contributed by atoms with Crippen molar-refractivity contribution in [1.82, 2.24) is 0 Å². The molecule has 0 bridgehead atoms. The maximum absolute atomic E-state index is 12.0. The number of nitrogens with two attached hydrogens (primary N) is 1. The van der Waals surface area contributed by atoms with Crippen LogP contribution < -0.4 is 11.1 Å². The molecule has 0 spiro atoms. The smallest absolute Gasteiger partial charge is 0.296 e. The molecule has 108 valence electrons. The highest BCUT2D eigenvalue weighted by molar-refractivity contribution is 6.33. The monoisotopic (exact) mass is 307 g/mol. The van der Waals surface area contributed by atoms with Crippen LogP contribution in [0.2, 0.25) is 5.02 Å². The van der Waals surface area contributed by atoms with E-state index in [-0.39, 0.29) is 22.0 Å². The van der Waals surface area contributed by atoms with Crippen molar-refractivity contribution in [3.63, 3.8) is 0 Å². The van der Waals surface area contributed by atoms with E-state index >= 15 is 0 Å². The van der Waals surface area contributed by atoms with E-state index in [2.05, 4.69) is 5.32 Å². The first-order valence-corrected chi connectivity index (χ1v) is 6.10. The zero-order valence-electron chi connectivity index (χ0n) is 10.5.